The van der Waals surface area contributed by atoms with Crippen molar-refractivity contribution in [1.29, 1.82) is 0 Å². The second kappa shape index (κ2) is 9.51. The highest BCUT2D eigenvalue weighted by molar-refractivity contribution is 5.83. The predicted octanol–water partition coefficient (Wildman–Crippen LogP) is 3.33. The molecule has 4 nitrogen and oxygen atoms in total. The Morgan fingerprint density at radius 2 is 1.69 bits per heavy atom. The van der Waals surface area contributed by atoms with E-state index < -0.39 is 0 Å². The van der Waals surface area contributed by atoms with Crippen molar-refractivity contribution < 1.29 is 9.53 Å². The summed E-state index contributed by atoms with van der Waals surface area (Å²) in [6.45, 7) is 7.07. The molecule has 0 aromatic heterocycles. The first-order valence-electron chi connectivity index (χ1n) is 9.47. The van der Waals surface area contributed by atoms with Crippen LogP contribution < -0.4 is 5.32 Å². The normalized spacial score (nSPS) is 16.2. The van der Waals surface area contributed by atoms with Crippen molar-refractivity contribution in [2.24, 2.45) is 0 Å². The minimum Gasteiger partial charge on any atom is -0.379 e. The molecule has 1 heterocycles. The zero-order valence-electron chi connectivity index (χ0n) is 15.5. The molecule has 1 amide bonds. The Balaban J connectivity index is 1.62. The molecule has 0 bridgehead atoms. The molecule has 3 rings (SSSR count). The van der Waals surface area contributed by atoms with Crippen molar-refractivity contribution in [3.8, 4) is 0 Å². The fourth-order valence-electron chi connectivity index (χ4n) is 3.45. The standard InChI is InChI=1S/C22H28N2O2/c1-2-21(18-8-4-3-5-9-18)22(25)23-16-19-10-6-7-11-20(19)17-24-12-14-26-15-13-24/h3-11,21H,2,12-17H2,1H3,(H,23,25)/t21-/m1/s1. The summed E-state index contributed by atoms with van der Waals surface area (Å²) in [6, 6.07) is 18.4. The van der Waals surface area contributed by atoms with Gasteiger partial charge < -0.3 is 10.1 Å². The maximum atomic E-state index is 12.7. The van der Waals surface area contributed by atoms with Gasteiger partial charge in [-0.3, -0.25) is 9.69 Å². The highest BCUT2D eigenvalue weighted by Crippen LogP contribution is 2.20. The summed E-state index contributed by atoms with van der Waals surface area (Å²) >= 11 is 0. The van der Waals surface area contributed by atoms with Crippen molar-refractivity contribution >= 4 is 5.91 Å². The first-order chi connectivity index (χ1) is 12.8. The highest BCUT2D eigenvalue weighted by Gasteiger charge is 2.19. The van der Waals surface area contributed by atoms with E-state index in [-0.39, 0.29) is 11.8 Å². The minimum absolute atomic E-state index is 0.0948. The Hall–Kier alpha value is -2.17. The van der Waals surface area contributed by atoms with Crippen molar-refractivity contribution in [2.45, 2.75) is 32.4 Å². The number of nitrogens with zero attached hydrogens (tertiary/aromatic N) is 1. The second-order valence-electron chi connectivity index (χ2n) is 6.75. The molecule has 0 radical (unpaired) electrons. The van der Waals surface area contributed by atoms with E-state index in [0.717, 1.165) is 44.8 Å². The van der Waals surface area contributed by atoms with Gasteiger partial charge in [0, 0.05) is 26.2 Å². The van der Waals surface area contributed by atoms with E-state index in [9.17, 15) is 4.79 Å². The molecular formula is C22H28N2O2. The monoisotopic (exact) mass is 352 g/mol. The zero-order valence-corrected chi connectivity index (χ0v) is 15.5. The van der Waals surface area contributed by atoms with Crippen molar-refractivity contribution in [1.82, 2.24) is 10.2 Å². The molecule has 138 valence electrons. The van der Waals surface area contributed by atoms with E-state index in [0.29, 0.717) is 6.54 Å². The lowest BCUT2D eigenvalue weighted by Crippen LogP contribution is -2.36. The molecule has 1 fully saturated rings. The van der Waals surface area contributed by atoms with E-state index in [4.69, 9.17) is 4.74 Å². The van der Waals surface area contributed by atoms with Gasteiger partial charge in [-0.15, -0.1) is 0 Å². The fraction of sp³-hybridized carbons (Fsp3) is 0.409. The SMILES string of the molecule is CC[C@@H](C(=O)NCc1ccccc1CN1CCOCC1)c1ccccc1. The predicted molar refractivity (Wildman–Crippen MR) is 104 cm³/mol. The van der Waals surface area contributed by atoms with Crippen LogP contribution in [0.25, 0.3) is 0 Å². The summed E-state index contributed by atoms with van der Waals surface area (Å²) in [6.07, 6.45) is 0.797. The molecule has 1 aliphatic heterocycles. The summed E-state index contributed by atoms with van der Waals surface area (Å²) in [5.41, 5.74) is 3.55. The lowest BCUT2D eigenvalue weighted by atomic mass is 9.95. The van der Waals surface area contributed by atoms with Gasteiger partial charge in [0.05, 0.1) is 19.1 Å². The lowest BCUT2D eigenvalue weighted by Gasteiger charge is -2.27. The molecule has 1 atom stereocenters. The molecule has 0 saturated carbocycles. The summed E-state index contributed by atoms with van der Waals surface area (Å²) in [5, 5.41) is 3.14. The molecular weight excluding hydrogens is 324 g/mol. The molecule has 4 heteroatoms. The summed E-state index contributed by atoms with van der Waals surface area (Å²) in [5.74, 6) is 0.00230. The number of hydrogen-bond donors (Lipinski definition) is 1. The van der Waals surface area contributed by atoms with E-state index >= 15 is 0 Å². The largest absolute Gasteiger partial charge is 0.379 e. The van der Waals surface area contributed by atoms with Crippen LogP contribution in [0.4, 0.5) is 0 Å². The first-order valence-corrected chi connectivity index (χ1v) is 9.47. The van der Waals surface area contributed by atoms with Gasteiger partial charge in [0.15, 0.2) is 0 Å². The van der Waals surface area contributed by atoms with Crippen LogP contribution in [0, 0.1) is 0 Å². The molecule has 0 aliphatic carbocycles. The summed E-state index contributed by atoms with van der Waals surface area (Å²) in [7, 11) is 0. The third-order valence-corrected chi connectivity index (χ3v) is 5.00. The van der Waals surface area contributed by atoms with Crippen LogP contribution in [0.3, 0.4) is 0 Å². The average Bonchev–Trinajstić information content (AvgIpc) is 2.69. The Kier molecular flexibility index (Phi) is 6.81. The van der Waals surface area contributed by atoms with Crippen LogP contribution in [-0.2, 0) is 22.6 Å². The molecule has 1 aliphatic rings. The van der Waals surface area contributed by atoms with Crippen LogP contribution in [0.1, 0.15) is 36.0 Å². The molecule has 0 spiro atoms. The Labute approximate surface area is 156 Å². The maximum absolute atomic E-state index is 12.7. The lowest BCUT2D eigenvalue weighted by molar-refractivity contribution is -0.122. The van der Waals surface area contributed by atoms with E-state index in [1.807, 2.05) is 36.4 Å². The number of benzene rings is 2. The molecule has 0 unspecified atom stereocenters. The average molecular weight is 352 g/mol. The van der Waals surface area contributed by atoms with Crippen LogP contribution in [0.2, 0.25) is 0 Å². The quantitative estimate of drug-likeness (QED) is 0.831. The van der Waals surface area contributed by atoms with Gasteiger partial charge in [-0.25, -0.2) is 0 Å². The number of ether oxygens (including phenoxy) is 1. The number of morpholine rings is 1. The molecule has 2 aromatic carbocycles. The van der Waals surface area contributed by atoms with Crippen LogP contribution in [-0.4, -0.2) is 37.1 Å². The number of carbonyl (C=O) groups is 1. The molecule has 1 saturated heterocycles. The summed E-state index contributed by atoms with van der Waals surface area (Å²) < 4.78 is 5.43. The molecule has 26 heavy (non-hydrogen) atoms. The number of rotatable bonds is 7. The first kappa shape index (κ1) is 18.6. The second-order valence-corrected chi connectivity index (χ2v) is 6.75. The van der Waals surface area contributed by atoms with Crippen LogP contribution in [0.5, 0.6) is 0 Å². The third-order valence-electron chi connectivity index (χ3n) is 5.00. The minimum atomic E-state index is -0.0948. The van der Waals surface area contributed by atoms with E-state index in [2.05, 4.69) is 35.3 Å². The van der Waals surface area contributed by atoms with E-state index in [1.165, 1.54) is 11.1 Å². The van der Waals surface area contributed by atoms with Gasteiger partial charge in [0.1, 0.15) is 0 Å². The molecule has 2 aromatic rings. The maximum Gasteiger partial charge on any atom is 0.227 e. The van der Waals surface area contributed by atoms with Gasteiger partial charge in [-0.05, 0) is 23.1 Å². The summed E-state index contributed by atoms with van der Waals surface area (Å²) in [4.78, 5) is 15.1. The topological polar surface area (TPSA) is 41.6 Å². The number of nitrogens with one attached hydrogen (secondary N) is 1. The number of hydrogen-bond acceptors (Lipinski definition) is 3. The Bertz CT molecular complexity index is 696. The highest BCUT2D eigenvalue weighted by atomic mass is 16.5. The zero-order chi connectivity index (χ0) is 18.2. The smallest absolute Gasteiger partial charge is 0.227 e. The Morgan fingerprint density at radius 3 is 2.38 bits per heavy atom. The Morgan fingerprint density at radius 1 is 1.04 bits per heavy atom. The van der Waals surface area contributed by atoms with Crippen molar-refractivity contribution in [2.75, 3.05) is 26.3 Å². The van der Waals surface area contributed by atoms with Gasteiger partial charge in [0.2, 0.25) is 5.91 Å². The molecule has 1 N–H and O–H groups in total. The third kappa shape index (κ3) is 4.93. The number of carbonyl (C=O) groups excluding carboxylic acids is 1. The van der Waals surface area contributed by atoms with Crippen LogP contribution in [0.15, 0.2) is 54.6 Å². The van der Waals surface area contributed by atoms with Crippen LogP contribution >= 0.6 is 0 Å². The fourth-order valence-corrected chi connectivity index (χ4v) is 3.45. The van der Waals surface area contributed by atoms with Gasteiger partial charge >= 0.3 is 0 Å². The van der Waals surface area contributed by atoms with E-state index in [1.54, 1.807) is 0 Å². The van der Waals surface area contributed by atoms with Crippen molar-refractivity contribution in [3.05, 3.63) is 71.3 Å². The van der Waals surface area contributed by atoms with Gasteiger partial charge in [-0.2, -0.15) is 0 Å². The van der Waals surface area contributed by atoms with Gasteiger partial charge in [0.25, 0.3) is 0 Å². The van der Waals surface area contributed by atoms with Crippen molar-refractivity contribution in [3.63, 3.8) is 0 Å². The number of amides is 1. The van der Waals surface area contributed by atoms with Gasteiger partial charge in [-0.1, -0.05) is 61.5 Å².